The van der Waals surface area contributed by atoms with Crippen molar-refractivity contribution in [2.24, 2.45) is 0 Å². The lowest BCUT2D eigenvalue weighted by Crippen LogP contribution is -2.49. The maximum Gasteiger partial charge on any atom is 0.329 e. The second kappa shape index (κ2) is 31.6. The third-order valence-electron chi connectivity index (χ3n) is 9.38. The standard InChI is InChI=1S/C41H74N2O3/c1-4-6-8-10-12-14-16-17-18-19-20-21-23-25-27-32-36-46-40(44)39(37-38-33-29-28-30-34-38)43(3)41(45)42-35-31-26-24-22-15-13-11-9-7-5-2/h28-30,33-34,39H,4-27,31-32,35-37H2,1-3H3,(H,42,45). The minimum absolute atomic E-state index is 0.198. The van der Waals surface area contributed by atoms with Gasteiger partial charge in [-0.2, -0.15) is 0 Å². The van der Waals surface area contributed by atoms with Crippen molar-refractivity contribution in [1.82, 2.24) is 10.2 Å². The molecular weight excluding hydrogens is 568 g/mol. The second-order valence-corrected chi connectivity index (χ2v) is 13.7. The Bertz CT molecular complexity index is 815. The topological polar surface area (TPSA) is 58.6 Å². The number of benzene rings is 1. The van der Waals surface area contributed by atoms with Crippen LogP contribution in [0.15, 0.2) is 30.3 Å². The molecule has 0 aromatic heterocycles. The van der Waals surface area contributed by atoms with Crippen LogP contribution in [0.5, 0.6) is 0 Å². The first kappa shape index (κ1) is 42.0. The lowest BCUT2D eigenvalue weighted by atomic mass is 10.0. The molecule has 0 heterocycles. The number of rotatable bonds is 32. The van der Waals surface area contributed by atoms with E-state index in [1.54, 1.807) is 11.9 Å². The van der Waals surface area contributed by atoms with Gasteiger partial charge in [-0.05, 0) is 18.4 Å². The van der Waals surface area contributed by atoms with Crippen LogP contribution < -0.4 is 5.32 Å². The molecular formula is C41H74N2O3. The van der Waals surface area contributed by atoms with Gasteiger partial charge in [-0.3, -0.25) is 0 Å². The van der Waals surface area contributed by atoms with Gasteiger partial charge in [0.2, 0.25) is 0 Å². The summed E-state index contributed by atoms with van der Waals surface area (Å²) >= 11 is 0. The van der Waals surface area contributed by atoms with E-state index in [1.165, 1.54) is 141 Å². The molecule has 0 fully saturated rings. The summed E-state index contributed by atoms with van der Waals surface area (Å²) in [6.07, 6.45) is 34.2. The van der Waals surface area contributed by atoms with Gasteiger partial charge in [0, 0.05) is 20.0 Å². The van der Waals surface area contributed by atoms with Crippen molar-refractivity contribution in [3.8, 4) is 0 Å². The van der Waals surface area contributed by atoms with E-state index < -0.39 is 6.04 Å². The Hall–Kier alpha value is -2.04. The largest absolute Gasteiger partial charge is 0.464 e. The first-order valence-corrected chi connectivity index (χ1v) is 19.8. The zero-order chi connectivity index (χ0) is 33.3. The van der Waals surface area contributed by atoms with Crippen molar-refractivity contribution in [3.63, 3.8) is 0 Å². The summed E-state index contributed by atoms with van der Waals surface area (Å²) in [4.78, 5) is 27.7. The van der Waals surface area contributed by atoms with Gasteiger partial charge in [0.25, 0.3) is 0 Å². The predicted molar refractivity (Wildman–Crippen MR) is 197 cm³/mol. The number of carbonyl (C=O) groups is 2. The summed E-state index contributed by atoms with van der Waals surface area (Å²) in [5.41, 5.74) is 1.03. The predicted octanol–water partition coefficient (Wildman–Crippen LogP) is 12.0. The van der Waals surface area contributed by atoms with Crippen LogP contribution in [0.3, 0.4) is 0 Å². The lowest BCUT2D eigenvalue weighted by molar-refractivity contribution is -0.148. The fourth-order valence-corrected chi connectivity index (χ4v) is 6.21. The van der Waals surface area contributed by atoms with Crippen LogP contribution in [0.25, 0.3) is 0 Å². The van der Waals surface area contributed by atoms with Crippen LogP contribution in [0.2, 0.25) is 0 Å². The summed E-state index contributed by atoms with van der Waals surface area (Å²) in [6, 6.07) is 9.10. The molecule has 1 aromatic rings. The fourth-order valence-electron chi connectivity index (χ4n) is 6.21. The third-order valence-corrected chi connectivity index (χ3v) is 9.38. The number of hydrogen-bond donors (Lipinski definition) is 1. The van der Waals surface area contributed by atoms with E-state index in [0.29, 0.717) is 19.6 Å². The van der Waals surface area contributed by atoms with Crippen LogP contribution >= 0.6 is 0 Å². The van der Waals surface area contributed by atoms with Gasteiger partial charge in [-0.1, -0.05) is 198 Å². The van der Waals surface area contributed by atoms with Crippen LogP contribution in [0.4, 0.5) is 4.79 Å². The van der Waals surface area contributed by atoms with Gasteiger partial charge in [0.05, 0.1) is 6.61 Å². The van der Waals surface area contributed by atoms with Crippen LogP contribution in [0.1, 0.15) is 186 Å². The molecule has 0 spiro atoms. The molecule has 46 heavy (non-hydrogen) atoms. The van der Waals surface area contributed by atoms with Gasteiger partial charge < -0.3 is 15.0 Å². The van der Waals surface area contributed by atoms with Crippen molar-refractivity contribution in [1.29, 1.82) is 0 Å². The molecule has 1 rings (SSSR count). The summed E-state index contributed by atoms with van der Waals surface area (Å²) in [5.74, 6) is -0.304. The zero-order valence-electron chi connectivity index (χ0n) is 30.6. The molecule has 0 aliphatic rings. The number of carbonyl (C=O) groups excluding carboxylic acids is 2. The first-order valence-electron chi connectivity index (χ1n) is 19.8. The zero-order valence-corrected chi connectivity index (χ0v) is 30.6. The Kier molecular flexibility index (Phi) is 28.8. The van der Waals surface area contributed by atoms with E-state index in [2.05, 4.69) is 19.2 Å². The van der Waals surface area contributed by atoms with Gasteiger partial charge in [0.1, 0.15) is 6.04 Å². The second-order valence-electron chi connectivity index (χ2n) is 13.7. The molecule has 5 heteroatoms. The first-order chi connectivity index (χ1) is 22.6. The van der Waals surface area contributed by atoms with E-state index in [-0.39, 0.29) is 12.0 Å². The van der Waals surface area contributed by atoms with Crippen molar-refractivity contribution < 1.29 is 14.3 Å². The summed E-state index contributed by atoms with van der Waals surface area (Å²) in [5, 5.41) is 3.03. The Morgan fingerprint density at radius 2 is 0.978 bits per heavy atom. The molecule has 2 amide bonds. The number of nitrogens with one attached hydrogen (secondary N) is 1. The molecule has 0 bridgehead atoms. The Morgan fingerprint density at radius 1 is 0.587 bits per heavy atom. The Morgan fingerprint density at radius 3 is 1.41 bits per heavy atom. The average molecular weight is 643 g/mol. The van der Waals surface area contributed by atoms with E-state index in [4.69, 9.17) is 4.74 Å². The van der Waals surface area contributed by atoms with Gasteiger partial charge in [0.15, 0.2) is 0 Å². The minimum Gasteiger partial charge on any atom is -0.464 e. The van der Waals surface area contributed by atoms with E-state index >= 15 is 0 Å². The SMILES string of the molecule is CCCCCCCCCCCCCCCCCCOC(=O)C(Cc1ccccc1)N(C)C(=O)NCCCCCCCCCCCC. The van der Waals surface area contributed by atoms with Crippen molar-refractivity contribution >= 4 is 12.0 Å². The molecule has 0 radical (unpaired) electrons. The molecule has 1 N–H and O–H groups in total. The third kappa shape index (κ3) is 24.2. The molecule has 0 aliphatic carbocycles. The van der Waals surface area contributed by atoms with Crippen molar-refractivity contribution in [2.45, 2.75) is 193 Å². The summed E-state index contributed by atoms with van der Waals surface area (Å²) in [7, 11) is 1.72. The number of nitrogens with zero attached hydrogens (tertiary/aromatic N) is 1. The number of urea groups is 1. The number of likely N-dealkylation sites (N-methyl/N-ethyl adjacent to an activating group) is 1. The molecule has 1 aromatic carbocycles. The maximum absolute atomic E-state index is 13.2. The molecule has 1 atom stereocenters. The monoisotopic (exact) mass is 643 g/mol. The van der Waals surface area contributed by atoms with Crippen LogP contribution in [-0.4, -0.2) is 43.1 Å². The van der Waals surface area contributed by atoms with E-state index in [9.17, 15) is 9.59 Å². The Balaban J connectivity index is 2.20. The van der Waals surface area contributed by atoms with Gasteiger partial charge in [-0.15, -0.1) is 0 Å². The quantitative estimate of drug-likeness (QED) is 0.0628. The number of ether oxygens (including phenoxy) is 1. The number of hydrogen-bond acceptors (Lipinski definition) is 3. The number of unbranched alkanes of at least 4 members (excludes halogenated alkanes) is 24. The minimum atomic E-state index is -0.629. The molecule has 5 nitrogen and oxygen atoms in total. The lowest BCUT2D eigenvalue weighted by Gasteiger charge is -2.27. The van der Waals surface area contributed by atoms with Gasteiger partial charge >= 0.3 is 12.0 Å². The highest BCUT2D eigenvalue weighted by molar-refractivity contribution is 5.83. The molecule has 0 saturated carbocycles. The van der Waals surface area contributed by atoms with Crippen LogP contribution in [-0.2, 0) is 16.0 Å². The summed E-state index contributed by atoms with van der Waals surface area (Å²) < 4.78 is 5.72. The highest BCUT2D eigenvalue weighted by Gasteiger charge is 2.28. The fraction of sp³-hybridized carbons (Fsp3) is 0.805. The Labute approximate surface area is 285 Å². The van der Waals surface area contributed by atoms with E-state index in [0.717, 1.165) is 31.2 Å². The molecule has 0 aliphatic heterocycles. The van der Waals surface area contributed by atoms with Crippen molar-refractivity contribution in [3.05, 3.63) is 35.9 Å². The molecule has 0 saturated heterocycles. The maximum atomic E-state index is 13.2. The van der Waals surface area contributed by atoms with Gasteiger partial charge in [-0.25, -0.2) is 9.59 Å². The number of amides is 2. The molecule has 1 unspecified atom stereocenters. The smallest absolute Gasteiger partial charge is 0.329 e. The normalized spacial score (nSPS) is 11.8. The van der Waals surface area contributed by atoms with Crippen LogP contribution in [0, 0.1) is 0 Å². The highest BCUT2D eigenvalue weighted by Crippen LogP contribution is 2.15. The average Bonchev–Trinajstić information content (AvgIpc) is 3.07. The highest BCUT2D eigenvalue weighted by atomic mass is 16.5. The molecule has 266 valence electrons. The number of esters is 1. The summed E-state index contributed by atoms with van der Waals surface area (Å²) in [6.45, 7) is 5.61. The van der Waals surface area contributed by atoms with E-state index in [1.807, 2.05) is 30.3 Å². The van der Waals surface area contributed by atoms with Crippen molar-refractivity contribution in [2.75, 3.05) is 20.2 Å².